The minimum atomic E-state index is -0.581. The number of pyridine rings is 2. The first-order chi connectivity index (χ1) is 14.9. The molecule has 0 radical (unpaired) electrons. The Hall–Kier alpha value is -3.88. The maximum atomic E-state index is 14.2. The van der Waals surface area contributed by atoms with Gasteiger partial charge in [0.15, 0.2) is 0 Å². The average Bonchev–Trinajstić information content (AvgIpc) is 2.76. The molecule has 0 aliphatic rings. The van der Waals surface area contributed by atoms with Crippen molar-refractivity contribution in [1.29, 1.82) is 5.41 Å². The van der Waals surface area contributed by atoms with Crippen LogP contribution in [0.15, 0.2) is 42.7 Å². The van der Waals surface area contributed by atoms with Crippen molar-refractivity contribution in [3.05, 3.63) is 65.6 Å². The topological polar surface area (TPSA) is 103 Å². The SMILES string of the molecule is CCNC(=O)CNc1c(Nc2cc(-c3cc(F)ccc3F)ncc2C)ccnc1C=N. The van der Waals surface area contributed by atoms with E-state index in [2.05, 4.69) is 25.9 Å². The quantitative estimate of drug-likeness (QED) is 0.409. The van der Waals surface area contributed by atoms with Crippen LogP contribution in [0, 0.1) is 24.0 Å². The van der Waals surface area contributed by atoms with Crippen molar-refractivity contribution >= 4 is 29.2 Å². The van der Waals surface area contributed by atoms with Crippen molar-refractivity contribution in [3.63, 3.8) is 0 Å². The smallest absolute Gasteiger partial charge is 0.239 e. The molecular formula is C22H22F2N6O. The Labute approximate surface area is 178 Å². The Morgan fingerprint density at radius 1 is 1.16 bits per heavy atom. The van der Waals surface area contributed by atoms with E-state index >= 15 is 0 Å². The monoisotopic (exact) mass is 424 g/mol. The van der Waals surface area contributed by atoms with Gasteiger partial charge in [-0.25, -0.2) is 8.78 Å². The van der Waals surface area contributed by atoms with Crippen LogP contribution < -0.4 is 16.0 Å². The second kappa shape index (κ2) is 9.75. The molecule has 2 heterocycles. The molecule has 3 rings (SSSR count). The van der Waals surface area contributed by atoms with Gasteiger partial charge in [-0.2, -0.15) is 0 Å². The summed E-state index contributed by atoms with van der Waals surface area (Å²) in [6, 6.07) is 6.51. The first kappa shape index (κ1) is 21.8. The lowest BCUT2D eigenvalue weighted by atomic mass is 10.1. The first-order valence-corrected chi connectivity index (χ1v) is 9.62. The van der Waals surface area contributed by atoms with Gasteiger partial charge in [-0.05, 0) is 49.7 Å². The van der Waals surface area contributed by atoms with Crippen LogP contribution in [0.2, 0.25) is 0 Å². The predicted molar refractivity (Wildman–Crippen MR) is 117 cm³/mol. The summed E-state index contributed by atoms with van der Waals surface area (Å²) < 4.78 is 27.8. The van der Waals surface area contributed by atoms with Crippen LogP contribution in [0.1, 0.15) is 18.2 Å². The molecule has 0 aliphatic heterocycles. The standard InChI is InChI=1S/C22H22F2N6O/c1-3-26-21(31)12-29-22-17(6-7-27-20(22)10-25)30-18-9-19(28-11-13(18)2)15-8-14(23)4-5-16(15)24/h4-11,25,29H,3,12H2,1-2H3,(H,26,31)(H,27,28,30). The van der Waals surface area contributed by atoms with Crippen molar-refractivity contribution in [2.45, 2.75) is 13.8 Å². The zero-order chi connectivity index (χ0) is 22.4. The fourth-order valence-corrected chi connectivity index (χ4v) is 2.95. The molecule has 160 valence electrons. The van der Waals surface area contributed by atoms with Crippen molar-refractivity contribution in [1.82, 2.24) is 15.3 Å². The number of carbonyl (C=O) groups excluding carboxylic acids is 1. The summed E-state index contributed by atoms with van der Waals surface area (Å²) >= 11 is 0. The lowest BCUT2D eigenvalue weighted by Gasteiger charge is -2.17. The van der Waals surface area contributed by atoms with Gasteiger partial charge in [-0.3, -0.25) is 14.8 Å². The lowest BCUT2D eigenvalue weighted by molar-refractivity contribution is -0.119. The van der Waals surface area contributed by atoms with Gasteiger partial charge in [0.1, 0.15) is 17.3 Å². The third-order valence-electron chi connectivity index (χ3n) is 4.49. The number of nitrogens with one attached hydrogen (secondary N) is 4. The highest BCUT2D eigenvalue weighted by Gasteiger charge is 2.14. The Kier molecular flexibility index (Phi) is 6.86. The van der Waals surface area contributed by atoms with E-state index in [4.69, 9.17) is 5.41 Å². The molecule has 7 nitrogen and oxygen atoms in total. The highest BCUT2D eigenvalue weighted by molar-refractivity contribution is 5.92. The van der Waals surface area contributed by atoms with Gasteiger partial charge in [-0.1, -0.05) is 0 Å². The van der Waals surface area contributed by atoms with E-state index in [-0.39, 0.29) is 23.7 Å². The van der Waals surface area contributed by atoms with Crippen LogP contribution in [0.4, 0.5) is 25.8 Å². The number of nitrogens with zero attached hydrogens (tertiary/aromatic N) is 2. The Bertz CT molecular complexity index is 1120. The number of aromatic nitrogens is 2. The zero-order valence-corrected chi connectivity index (χ0v) is 17.1. The van der Waals surface area contributed by atoms with E-state index in [9.17, 15) is 13.6 Å². The fraction of sp³-hybridized carbons (Fsp3) is 0.182. The molecule has 0 atom stereocenters. The number of halogens is 2. The van der Waals surface area contributed by atoms with Gasteiger partial charge in [0.2, 0.25) is 5.91 Å². The summed E-state index contributed by atoms with van der Waals surface area (Å²) in [5.41, 5.74) is 3.07. The highest BCUT2D eigenvalue weighted by atomic mass is 19.1. The maximum Gasteiger partial charge on any atom is 0.239 e. The lowest BCUT2D eigenvalue weighted by Crippen LogP contribution is -2.29. The largest absolute Gasteiger partial charge is 0.373 e. The third-order valence-corrected chi connectivity index (χ3v) is 4.49. The summed E-state index contributed by atoms with van der Waals surface area (Å²) in [6.45, 7) is 4.15. The van der Waals surface area contributed by atoms with Crippen LogP contribution >= 0.6 is 0 Å². The van der Waals surface area contributed by atoms with Crippen molar-refractivity contribution in [2.24, 2.45) is 0 Å². The normalized spacial score (nSPS) is 10.5. The van der Waals surface area contributed by atoms with Gasteiger partial charge in [0.05, 0.1) is 23.6 Å². The summed E-state index contributed by atoms with van der Waals surface area (Å²) in [5, 5.41) is 16.5. The zero-order valence-electron chi connectivity index (χ0n) is 17.1. The number of hydrogen-bond acceptors (Lipinski definition) is 6. The molecule has 31 heavy (non-hydrogen) atoms. The molecule has 3 aromatic rings. The van der Waals surface area contributed by atoms with Crippen LogP contribution in [-0.4, -0.2) is 35.2 Å². The van der Waals surface area contributed by atoms with Gasteiger partial charge in [0.25, 0.3) is 0 Å². The van der Waals surface area contributed by atoms with Crippen LogP contribution in [0.3, 0.4) is 0 Å². The van der Waals surface area contributed by atoms with Crippen LogP contribution in [0.5, 0.6) is 0 Å². The number of amides is 1. The number of carbonyl (C=O) groups is 1. The molecule has 1 aromatic carbocycles. The molecule has 0 aliphatic carbocycles. The van der Waals surface area contributed by atoms with E-state index in [1.807, 2.05) is 13.8 Å². The maximum absolute atomic E-state index is 14.2. The molecule has 0 bridgehead atoms. The molecule has 2 aromatic heterocycles. The van der Waals surface area contributed by atoms with Gasteiger partial charge in [0, 0.05) is 36.4 Å². The van der Waals surface area contributed by atoms with Crippen molar-refractivity contribution in [3.8, 4) is 11.3 Å². The van der Waals surface area contributed by atoms with Crippen LogP contribution in [-0.2, 0) is 4.79 Å². The van der Waals surface area contributed by atoms with E-state index in [1.54, 1.807) is 18.3 Å². The van der Waals surface area contributed by atoms with Gasteiger partial charge >= 0.3 is 0 Å². The number of aryl methyl sites for hydroxylation is 1. The second-order valence-electron chi connectivity index (χ2n) is 6.70. The molecule has 0 saturated heterocycles. The summed E-state index contributed by atoms with van der Waals surface area (Å²) in [4.78, 5) is 20.2. The molecule has 9 heteroatoms. The van der Waals surface area contributed by atoms with E-state index in [0.29, 0.717) is 29.3 Å². The molecule has 1 amide bonds. The molecule has 0 unspecified atom stereocenters. The Morgan fingerprint density at radius 2 is 1.97 bits per heavy atom. The summed E-state index contributed by atoms with van der Waals surface area (Å²) in [7, 11) is 0. The molecular weight excluding hydrogens is 402 g/mol. The number of benzene rings is 1. The predicted octanol–water partition coefficient (Wildman–Crippen LogP) is 4.02. The summed E-state index contributed by atoms with van der Waals surface area (Å²) in [6.07, 6.45) is 4.17. The molecule has 0 saturated carbocycles. The molecule has 0 fully saturated rings. The van der Waals surface area contributed by atoms with Crippen molar-refractivity contribution in [2.75, 3.05) is 23.7 Å². The van der Waals surface area contributed by atoms with Crippen LogP contribution in [0.25, 0.3) is 11.3 Å². The number of hydrogen-bond donors (Lipinski definition) is 4. The Morgan fingerprint density at radius 3 is 2.71 bits per heavy atom. The number of likely N-dealkylation sites (N-methyl/N-ethyl adjacent to an activating group) is 1. The molecule has 4 N–H and O–H groups in total. The minimum Gasteiger partial charge on any atom is -0.373 e. The van der Waals surface area contributed by atoms with E-state index < -0.39 is 11.6 Å². The highest BCUT2D eigenvalue weighted by Crippen LogP contribution is 2.31. The minimum absolute atomic E-state index is 0.00410. The first-order valence-electron chi connectivity index (χ1n) is 9.62. The second-order valence-corrected chi connectivity index (χ2v) is 6.70. The average molecular weight is 424 g/mol. The van der Waals surface area contributed by atoms with E-state index in [0.717, 1.165) is 30.0 Å². The van der Waals surface area contributed by atoms with Gasteiger partial charge < -0.3 is 21.4 Å². The Balaban J connectivity index is 1.96. The van der Waals surface area contributed by atoms with Crippen molar-refractivity contribution < 1.29 is 13.6 Å². The molecule has 0 spiro atoms. The van der Waals surface area contributed by atoms with E-state index in [1.165, 1.54) is 6.20 Å². The third kappa shape index (κ3) is 5.19. The fourth-order valence-electron chi connectivity index (χ4n) is 2.95. The number of rotatable bonds is 8. The summed E-state index contributed by atoms with van der Waals surface area (Å²) in [5.74, 6) is -1.34. The number of anilines is 3. The van der Waals surface area contributed by atoms with Gasteiger partial charge in [-0.15, -0.1) is 0 Å².